The Labute approximate surface area is 115 Å². The lowest BCUT2D eigenvalue weighted by Crippen LogP contribution is -2.48. The largest absolute Gasteiger partial charge is 0.461 e. The average molecular weight is 308 g/mol. The van der Waals surface area contributed by atoms with Crippen LogP contribution in [0.4, 0.5) is 13.2 Å². The second-order valence-corrected chi connectivity index (χ2v) is 3.20. The van der Waals surface area contributed by atoms with Crippen LogP contribution in [0.5, 0.6) is 0 Å². The number of hydrogen-bond donors (Lipinski definition) is 0. The highest BCUT2D eigenvalue weighted by Gasteiger charge is 2.54. The number of carbonyl (C=O) groups is 3. The number of carbonyl (C=O) groups excluding carboxylic acids is 3. The van der Waals surface area contributed by atoms with Crippen LogP contribution in [-0.4, -0.2) is 42.9 Å². The molecule has 21 heavy (non-hydrogen) atoms. The van der Waals surface area contributed by atoms with Crippen molar-refractivity contribution in [1.29, 1.82) is 10.5 Å². The van der Waals surface area contributed by atoms with E-state index in [4.69, 9.17) is 10.5 Å². The molecule has 1 atom stereocenters. The van der Waals surface area contributed by atoms with E-state index in [0.717, 1.165) is 12.1 Å². The standard InChI is InChI=1S/C10H7F3N2O6/c1-2-19-8(18)9(3-14,4-15)21-7(17)6(20-5-16)10(11,12)13/h5-6H,2H2,1H3. The lowest BCUT2D eigenvalue weighted by Gasteiger charge is -2.21. The Morgan fingerprint density at radius 2 is 1.81 bits per heavy atom. The smallest absolute Gasteiger partial charge is 0.436 e. The number of rotatable bonds is 6. The molecule has 0 heterocycles. The van der Waals surface area contributed by atoms with Gasteiger partial charge in [-0.3, -0.25) is 4.79 Å². The van der Waals surface area contributed by atoms with Crippen molar-refractivity contribution in [3.63, 3.8) is 0 Å². The van der Waals surface area contributed by atoms with Gasteiger partial charge < -0.3 is 14.2 Å². The van der Waals surface area contributed by atoms with Crippen LogP contribution >= 0.6 is 0 Å². The highest BCUT2D eigenvalue weighted by Crippen LogP contribution is 2.25. The minimum absolute atomic E-state index is 0.324. The highest BCUT2D eigenvalue weighted by molar-refractivity contribution is 5.91. The molecule has 11 heteroatoms. The summed E-state index contributed by atoms with van der Waals surface area (Å²) in [5.41, 5.74) is -3.23. The van der Waals surface area contributed by atoms with E-state index in [1.807, 2.05) is 0 Å². The van der Waals surface area contributed by atoms with Crippen molar-refractivity contribution < 1.29 is 41.8 Å². The maximum Gasteiger partial charge on any atom is 0.436 e. The van der Waals surface area contributed by atoms with Crippen molar-refractivity contribution in [1.82, 2.24) is 0 Å². The zero-order valence-electron chi connectivity index (χ0n) is 10.3. The fourth-order valence-corrected chi connectivity index (χ4v) is 0.963. The molecule has 0 spiro atoms. The summed E-state index contributed by atoms with van der Waals surface area (Å²) in [5, 5.41) is 17.4. The van der Waals surface area contributed by atoms with Crippen molar-refractivity contribution in [2.75, 3.05) is 6.61 Å². The second kappa shape index (κ2) is 7.09. The van der Waals surface area contributed by atoms with Crippen molar-refractivity contribution in [2.24, 2.45) is 0 Å². The number of ether oxygens (including phenoxy) is 3. The van der Waals surface area contributed by atoms with Crippen LogP contribution in [0.3, 0.4) is 0 Å². The number of nitrogens with zero attached hydrogens (tertiary/aromatic N) is 2. The van der Waals surface area contributed by atoms with Crippen molar-refractivity contribution in [3.8, 4) is 12.1 Å². The van der Waals surface area contributed by atoms with E-state index in [9.17, 15) is 27.6 Å². The van der Waals surface area contributed by atoms with Crippen LogP contribution in [0.25, 0.3) is 0 Å². The van der Waals surface area contributed by atoms with Crippen molar-refractivity contribution in [3.05, 3.63) is 0 Å². The summed E-state index contributed by atoms with van der Waals surface area (Å²) in [4.78, 5) is 32.6. The first kappa shape index (κ1) is 18.2. The van der Waals surface area contributed by atoms with E-state index < -0.39 is 36.3 Å². The molecule has 0 aromatic carbocycles. The van der Waals surface area contributed by atoms with E-state index in [1.54, 1.807) is 0 Å². The van der Waals surface area contributed by atoms with Crippen LogP contribution in [0.15, 0.2) is 0 Å². The SMILES string of the molecule is CCOC(=O)C(C#N)(C#N)OC(=O)C(OC=O)C(F)(F)F. The zero-order chi connectivity index (χ0) is 16.7. The molecule has 1 unspecified atom stereocenters. The summed E-state index contributed by atoms with van der Waals surface area (Å²) in [7, 11) is 0. The predicted octanol–water partition coefficient (Wildman–Crippen LogP) is -0.0174. The Balaban J connectivity index is 5.42. The molecule has 0 aromatic heterocycles. The lowest BCUT2D eigenvalue weighted by atomic mass is 10.1. The van der Waals surface area contributed by atoms with Crippen molar-refractivity contribution >= 4 is 18.4 Å². The van der Waals surface area contributed by atoms with E-state index in [2.05, 4.69) is 14.2 Å². The maximum atomic E-state index is 12.4. The molecule has 0 bridgehead atoms. The van der Waals surface area contributed by atoms with Crippen LogP contribution in [0, 0.1) is 22.7 Å². The number of hydrogen-bond acceptors (Lipinski definition) is 8. The molecule has 8 nitrogen and oxygen atoms in total. The highest BCUT2D eigenvalue weighted by atomic mass is 19.4. The fourth-order valence-electron chi connectivity index (χ4n) is 0.963. The van der Waals surface area contributed by atoms with Gasteiger partial charge in [-0.05, 0) is 6.92 Å². The van der Waals surface area contributed by atoms with Gasteiger partial charge in [0.1, 0.15) is 12.1 Å². The third-order valence-electron chi connectivity index (χ3n) is 1.83. The van der Waals surface area contributed by atoms with Gasteiger partial charge in [0.05, 0.1) is 6.61 Å². The number of nitriles is 2. The summed E-state index contributed by atoms with van der Waals surface area (Å²) >= 11 is 0. The first-order valence-corrected chi connectivity index (χ1v) is 5.07. The van der Waals surface area contributed by atoms with E-state index in [-0.39, 0.29) is 6.61 Å². The number of alkyl halides is 3. The summed E-state index contributed by atoms with van der Waals surface area (Å²) in [6.45, 7) is 0.284. The minimum atomic E-state index is -5.36. The Morgan fingerprint density at radius 1 is 1.29 bits per heavy atom. The molecule has 114 valence electrons. The Bertz CT molecular complexity index is 490. The quantitative estimate of drug-likeness (QED) is 0.380. The molecule has 0 saturated carbocycles. The van der Waals surface area contributed by atoms with E-state index in [1.165, 1.54) is 6.92 Å². The normalized spacial score (nSPS) is 12.3. The lowest BCUT2D eigenvalue weighted by molar-refractivity contribution is -0.228. The van der Waals surface area contributed by atoms with Crippen LogP contribution in [0.2, 0.25) is 0 Å². The van der Waals surface area contributed by atoms with Gasteiger partial charge in [-0.2, -0.15) is 23.7 Å². The molecule has 0 aliphatic rings. The van der Waals surface area contributed by atoms with Crippen LogP contribution in [0.1, 0.15) is 6.92 Å². The molecule has 0 amide bonds. The first-order chi connectivity index (χ1) is 9.68. The predicted molar refractivity (Wildman–Crippen MR) is 53.7 cm³/mol. The Morgan fingerprint density at radius 3 is 2.14 bits per heavy atom. The van der Waals surface area contributed by atoms with Gasteiger partial charge in [0.25, 0.3) is 12.6 Å². The molecule has 0 aliphatic heterocycles. The summed E-state index contributed by atoms with van der Waals surface area (Å²) in [5.74, 6) is -3.99. The molecular formula is C10H7F3N2O6. The number of halogens is 3. The average Bonchev–Trinajstić information content (AvgIpc) is 2.40. The molecule has 0 aliphatic carbocycles. The van der Waals surface area contributed by atoms with Gasteiger partial charge in [0.2, 0.25) is 0 Å². The van der Waals surface area contributed by atoms with Gasteiger partial charge in [-0.1, -0.05) is 0 Å². The van der Waals surface area contributed by atoms with Gasteiger partial charge >= 0.3 is 23.7 Å². The third kappa shape index (κ3) is 4.35. The minimum Gasteiger partial charge on any atom is -0.461 e. The molecule has 0 saturated heterocycles. The Hall–Kier alpha value is -2.82. The summed E-state index contributed by atoms with van der Waals surface area (Å²) in [6, 6.07) is 1.88. The summed E-state index contributed by atoms with van der Waals surface area (Å²) in [6.07, 6.45) is -8.74. The van der Waals surface area contributed by atoms with Gasteiger partial charge in [-0.15, -0.1) is 0 Å². The monoisotopic (exact) mass is 308 g/mol. The fraction of sp³-hybridized carbons (Fsp3) is 0.500. The van der Waals surface area contributed by atoms with Crippen LogP contribution < -0.4 is 0 Å². The van der Waals surface area contributed by atoms with Crippen LogP contribution in [-0.2, 0) is 28.6 Å². The van der Waals surface area contributed by atoms with E-state index >= 15 is 0 Å². The molecule has 0 radical (unpaired) electrons. The molecule has 0 N–H and O–H groups in total. The van der Waals surface area contributed by atoms with Gasteiger partial charge in [0.15, 0.2) is 0 Å². The Kier molecular flexibility index (Phi) is 6.14. The molecule has 0 fully saturated rings. The van der Waals surface area contributed by atoms with E-state index in [0.29, 0.717) is 0 Å². The topological polar surface area (TPSA) is 126 Å². The first-order valence-electron chi connectivity index (χ1n) is 5.07. The molecule has 0 aromatic rings. The van der Waals surface area contributed by atoms with Gasteiger partial charge in [0, 0.05) is 0 Å². The maximum absolute atomic E-state index is 12.4. The van der Waals surface area contributed by atoms with Crippen molar-refractivity contribution in [2.45, 2.75) is 24.8 Å². The zero-order valence-corrected chi connectivity index (χ0v) is 10.3. The number of esters is 2. The third-order valence-corrected chi connectivity index (χ3v) is 1.83. The molecular weight excluding hydrogens is 301 g/mol. The second-order valence-electron chi connectivity index (χ2n) is 3.20. The molecule has 0 rings (SSSR count). The van der Waals surface area contributed by atoms with Gasteiger partial charge in [-0.25, -0.2) is 9.59 Å². The summed E-state index contributed by atoms with van der Waals surface area (Å²) < 4.78 is 49.0.